The molecule has 11 heavy (non-hydrogen) atoms. The van der Waals surface area contributed by atoms with Crippen LogP contribution < -0.4 is 0 Å². The molecule has 68 valence electrons. The summed E-state index contributed by atoms with van der Waals surface area (Å²) >= 11 is 0. The van der Waals surface area contributed by atoms with E-state index in [2.05, 4.69) is 18.5 Å². The first-order valence-electron chi connectivity index (χ1n) is 3.37. The van der Waals surface area contributed by atoms with Crippen LogP contribution >= 0.6 is 18.5 Å². The Hall–Kier alpha value is 0.770. The van der Waals surface area contributed by atoms with Crippen LogP contribution in [0.2, 0.25) is 0 Å². The zero-order chi connectivity index (χ0) is 8.91. The molecule has 0 fully saturated rings. The molecule has 0 amide bonds. The maximum atomic E-state index is 11.0. The van der Waals surface area contributed by atoms with E-state index >= 15 is 0 Å². The van der Waals surface area contributed by atoms with Gasteiger partial charge in [-0.25, -0.2) is 12.7 Å². The van der Waals surface area contributed by atoms with Crippen molar-refractivity contribution in [1.82, 2.24) is 4.31 Å². The maximum absolute atomic E-state index is 11.0. The number of sulfonamides is 1. The Labute approximate surface area is 73.4 Å². The summed E-state index contributed by atoms with van der Waals surface area (Å²) in [7, 11) is 2.05. The van der Waals surface area contributed by atoms with Gasteiger partial charge in [0.15, 0.2) is 0 Å². The van der Waals surface area contributed by atoms with E-state index in [1.165, 1.54) is 10.6 Å². The number of rotatable bonds is 5. The molecule has 2 unspecified atom stereocenters. The summed E-state index contributed by atoms with van der Waals surface area (Å²) in [6.45, 7) is 1.19. The van der Waals surface area contributed by atoms with E-state index in [0.717, 1.165) is 12.3 Å². The summed E-state index contributed by atoms with van der Waals surface area (Å²) in [4.78, 5) is 0. The zero-order valence-electron chi connectivity index (χ0n) is 6.66. The second-order valence-corrected chi connectivity index (χ2v) is 5.38. The molecule has 6 heteroatoms. The SMILES string of the molecule is CS(=O)(=O)N(CCP)CCP. The molecule has 0 bridgehead atoms. The Morgan fingerprint density at radius 1 is 1.18 bits per heavy atom. The first kappa shape index (κ1) is 11.8. The van der Waals surface area contributed by atoms with E-state index in [9.17, 15) is 8.42 Å². The van der Waals surface area contributed by atoms with Crippen LogP contribution in [0.3, 0.4) is 0 Å². The van der Waals surface area contributed by atoms with Crippen molar-refractivity contribution >= 4 is 28.5 Å². The molecule has 2 atom stereocenters. The summed E-state index contributed by atoms with van der Waals surface area (Å²) < 4.78 is 23.5. The summed E-state index contributed by atoms with van der Waals surface area (Å²) in [6, 6.07) is 0. The van der Waals surface area contributed by atoms with Crippen LogP contribution in [0.25, 0.3) is 0 Å². The van der Waals surface area contributed by atoms with Crippen molar-refractivity contribution in [1.29, 1.82) is 0 Å². The van der Waals surface area contributed by atoms with Crippen molar-refractivity contribution in [2.24, 2.45) is 0 Å². The van der Waals surface area contributed by atoms with Gasteiger partial charge in [0, 0.05) is 13.1 Å². The molecule has 0 rings (SSSR count). The third-order valence-corrected chi connectivity index (χ3v) is 3.05. The fraction of sp³-hybridized carbons (Fsp3) is 1.00. The van der Waals surface area contributed by atoms with Crippen molar-refractivity contribution < 1.29 is 8.42 Å². The van der Waals surface area contributed by atoms with Gasteiger partial charge in [-0.1, -0.05) is 0 Å². The molecule has 0 aromatic carbocycles. The molecule has 3 nitrogen and oxygen atoms in total. The standard InChI is InChI=1S/C5H15NO2P2S/c1-11(7,8)6(2-4-9)3-5-10/h2-5,9-10H2,1H3. The first-order valence-corrected chi connectivity index (χ1v) is 6.85. The molecular formula is C5H15NO2P2S. The van der Waals surface area contributed by atoms with Gasteiger partial charge in [0.25, 0.3) is 0 Å². The van der Waals surface area contributed by atoms with Crippen molar-refractivity contribution in [2.75, 3.05) is 31.7 Å². The zero-order valence-corrected chi connectivity index (χ0v) is 9.78. The number of nitrogens with zero attached hydrogens (tertiary/aromatic N) is 1. The van der Waals surface area contributed by atoms with E-state index in [-0.39, 0.29) is 0 Å². The predicted molar refractivity (Wildman–Crippen MR) is 55.6 cm³/mol. The minimum absolute atomic E-state index is 0.595. The Bertz CT molecular complexity index is 187. The molecular weight excluding hydrogens is 200 g/mol. The quantitative estimate of drug-likeness (QED) is 0.605. The highest BCUT2D eigenvalue weighted by molar-refractivity contribution is 7.88. The topological polar surface area (TPSA) is 37.4 Å². The molecule has 0 N–H and O–H groups in total. The van der Waals surface area contributed by atoms with Crippen LogP contribution in [-0.2, 0) is 10.0 Å². The average molecular weight is 215 g/mol. The van der Waals surface area contributed by atoms with Gasteiger partial charge >= 0.3 is 0 Å². The van der Waals surface area contributed by atoms with Crippen LogP contribution in [0, 0.1) is 0 Å². The van der Waals surface area contributed by atoms with E-state index in [1.807, 2.05) is 0 Å². The molecule has 0 saturated carbocycles. The van der Waals surface area contributed by atoms with Crippen molar-refractivity contribution in [3.8, 4) is 0 Å². The summed E-state index contributed by atoms with van der Waals surface area (Å²) in [5, 5.41) is 0. The van der Waals surface area contributed by atoms with Crippen molar-refractivity contribution in [2.45, 2.75) is 0 Å². The Morgan fingerprint density at radius 3 is 1.73 bits per heavy atom. The summed E-state index contributed by atoms with van der Waals surface area (Å²) in [5.74, 6) is 0. The lowest BCUT2D eigenvalue weighted by Gasteiger charge is -2.17. The fourth-order valence-corrected chi connectivity index (χ4v) is 2.60. The molecule has 0 spiro atoms. The van der Waals surface area contributed by atoms with Crippen LogP contribution in [-0.4, -0.2) is 44.4 Å². The molecule has 0 saturated heterocycles. The minimum atomic E-state index is -2.98. The molecule has 0 aliphatic heterocycles. The minimum Gasteiger partial charge on any atom is -0.213 e. The van der Waals surface area contributed by atoms with E-state index in [0.29, 0.717) is 13.1 Å². The van der Waals surface area contributed by atoms with Crippen LogP contribution in [0.1, 0.15) is 0 Å². The number of hydrogen-bond donors (Lipinski definition) is 0. The molecule has 0 aliphatic carbocycles. The van der Waals surface area contributed by atoms with Gasteiger partial charge in [0.2, 0.25) is 10.0 Å². The average Bonchev–Trinajstić information content (AvgIpc) is 1.85. The smallest absolute Gasteiger partial charge is 0.211 e. The van der Waals surface area contributed by atoms with E-state index < -0.39 is 10.0 Å². The molecule has 0 aromatic heterocycles. The Balaban J connectivity index is 4.11. The molecule has 0 radical (unpaired) electrons. The first-order chi connectivity index (χ1) is 5.02. The monoisotopic (exact) mass is 215 g/mol. The normalized spacial score (nSPS) is 12.4. The fourth-order valence-electron chi connectivity index (χ4n) is 0.731. The summed E-state index contributed by atoms with van der Waals surface area (Å²) in [6.07, 6.45) is 2.82. The van der Waals surface area contributed by atoms with Gasteiger partial charge in [-0.15, -0.1) is 18.5 Å². The Morgan fingerprint density at radius 2 is 1.55 bits per heavy atom. The van der Waals surface area contributed by atoms with E-state index in [4.69, 9.17) is 0 Å². The van der Waals surface area contributed by atoms with Crippen LogP contribution in [0.4, 0.5) is 0 Å². The maximum Gasteiger partial charge on any atom is 0.211 e. The lowest BCUT2D eigenvalue weighted by Crippen LogP contribution is -2.33. The molecule has 0 heterocycles. The van der Waals surface area contributed by atoms with Crippen molar-refractivity contribution in [3.05, 3.63) is 0 Å². The third-order valence-electron chi connectivity index (χ3n) is 1.23. The molecule has 0 aromatic rings. The predicted octanol–water partition coefficient (Wildman–Crippen LogP) is -0.00180. The van der Waals surface area contributed by atoms with Gasteiger partial charge in [0.05, 0.1) is 6.26 Å². The highest BCUT2D eigenvalue weighted by Gasteiger charge is 2.13. The highest BCUT2D eigenvalue weighted by atomic mass is 32.2. The van der Waals surface area contributed by atoms with Gasteiger partial charge < -0.3 is 0 Å². The second-order valence-electron chi connectivity index (χ2n) is 2.24. The van der Waals surface area contributed by atoms with Gasteiger partial charge in [0.1, 0.15) is 0 Å². The summed E-state index contributed by atoms with van der Waals surface area (Å²) in [5.41, 5.74) is 0. The lowest BCUT2D eigenvalue weighted by molar-refractivity contribution is 0.455. The van der Waals surface area contributed by atoms with Gasteiger partial charge in [-0.3, -0.25) is 0 Å². The molecule has 0 aliphatic rings. The second kappa shape index (κ2) is 5.42. The largest absolute Gasteiger partial charge is 0.213 e. The van der Waals surface area contributed by atoms with Gasteiger partial charge in [-0.05, 0) is 12.3 Å². The van der Waals surface area contributed by atoms with Gasteiger partial charge in [-0.2, -0.15) is 0 Å². The lowest BCUT2D eigenvalue weighted by atomic mass is 10.6. The highest BCUT2D eigenvalue weighted by Crippen LogP contribution is 2.00. The van der Waals surface area contributed by atoms with E-state index in [1.54, 1.807) is 0 Å². The van der Waals surface area contributed by atoms with Crippen molar-refractivity contribution in [3.63, 3.8) is 0 Å². The number of hydrogen-bond acceptors (Lipinski definition) is 2. The van der Waals surface area contributed by atoms with Crippen LogP contribution in [0.5, 0.6) is 0 Å². The third kappa shape index (κ3) is 5.08. The van der Waals surface area contributed by atoms with Crippen LogP contribution in [0.15, 0.2) is 0 Å². The Kier molecular flexibility index (Phi) is 5.80.